The van der Waals surface area contributed by atoms with Crippen LogP contribution in [0.4, 0.5) is 0 Å². The number of alkyl halides is 2. The van der Waals surface area contributed by atoms with E-state index in [1.54, 1.807) is 0 Å². The number of hydrogen-bond acceptors (Lipinski definition) is 4. The van der Waals surface area contributed by atoms with Crippen molar-refractivity contribution >= 4 is 43.8 Å². The Hall–Kier alpha value is -0.100. The van der Waals surface area contributed by atoms with E-state index >= 15 is 0 Å². The van der Waals surface area contributed by atoms with E-state index in [1.165, 1.54) is 13.3 Å². The first kappa shape index (κ1) is 20.2. The lowest BCUT2D eigenvalue weighted by molar-refractivity contribution is -0.180. The lowest BCUT2D eigenvalue weighted by atomic mass is 9.44. The van der Waals surface area contributed by atoms with Crippen molar-refractivity contribution < 1.29 is 19.1 Å². The molecule has 4 rings (SSSR count). The van der Waals surface area contributed by atoms with Crippen molar-refractivity contribution in [3.05, 3.63) is 0 Å². The molecule has 0 spiro atoms. The summed E-state index contributed by atoms with van der Waals surface area (Å²) < 4.78 is 11.0. The van der Waals surface area contributed by atoms with Gasteiger partial charge in [0, 0.05) is 34.3 Å². The molecule has 1 heterocycles. The predicted octanol–water partition coefficient (Wildman–Crippen LogP) is 5.00. The largest absolute Gasteiger partial charge is 0.465 e. The number of esters is 2. The average Bonchev–Trinajstić information content (AvgIpc) is 2.58. The minimum atomic E-state index is -0.186. The summed E-state index contributed by atoms with van der Waals surface area (Å²) in [6.07, 6.45) is 6.77. The van der Waals surface area contributed by atoms with Crippen LogP contribution < -0.4 is 0 Å². The van der Waals surface area contributed by atoms with Crippen LogP contribution in [-0.4, -0.2) is 33.8 Å². The van der Waals surface area contributed by atoms with Gasteiger partial charge in [-0.1, -0.05) is 45.7 Å². The summed E-state index contributed by atoms with van der Waals surface area (Å²) in [6, 6.07) is 0. The zero-order chi connectivity index (χ0) is 19.6. The van der Waals surface area contributed by atoms with E-state index < -0.39 is 0 Å². The summed E-state index contributed by atoms with van der Waals surface area (Å²) in [6.45, 7) is 6.83. The quantitative estimate of drug-likeness (QED) is 0.371. The summed E-state index contributed by atoms with van der Waals surface area (Å²) >= 11 is 8.19. The molecule has 0 aromatic carbocycles. The highest BCUT2D eigenvalue weighted by Gasteiger charge is 2.66. The van der Waals surface area contributed by atoms with Crippen LogP contribution >= 0.6 is 31.9 Å². The van der Waals surface area contributed by atoms with E-state index in [0.717, 1.165) is 32.1 Å². The SMILES string of the molecule is CC(=O)O[C@H]1CC[C@]2(C)[C@H]3CC[C@]4(C)COC(=O)C[C@H]4[C@@H]3C[C@@H](Br)[C@@]2(Br)C1. The zero-order valence-electron chi connectivity index (χ0n) is 16.4. The molecular weight excluding hydrogens is 476 g/mol. The van der Waals surface area contributed by atoms with Gasteiger partial charge in [-0.25, -0.2) is 0 Å². The van der Waals surface area contributed by atoms with Crippen molar-refractivity contribution in [1.82, 2.24) is 0 Å². The van der Waals surface area contributed by atoms with Gasteiger partial charge in [0.15, 0.2) is 0 Å². The molecule has 0 aromatic heterocycles. The fourth-order valence-corrected chi connectivity index (χ4v) is 9.12. The Labute approximate surface area is 178 Å². The van der Waals surface area contributed by atoms with Gasteiger partial charge in [0.05, 0.1) is 6.61 Å². The zero-order valence-corrected chi connectivity index (χ0v) is 19.6. The number of halogens is 2. The summed E-state index contributed by atoms with van der Waals surface area (Å²) in [5.74, 6) is 1.34. The highest BCUT2D eigenvalue weighted by atomic mass is 79.9. The number of fused-ring (bicyclic) bond motifs is 5. The van der Waals surface area contributed by atoms with Crippen LogP contribution in [0.5, 0.6) is 0 Å². The van der Waals surface area contributed by atoms with Gasteiger partial charge < -0.3 is 9.47 Å². The van der Waals surface area contributed by atoms with Gasteiger partial charge >= 0.3 is 11.9 Å². The van der Waals surface area contributed by atoms with E-state index in [-0.39, 0.29) is 33.2 Å². The smallest absolute Gasteiger partial charge is 0.306 e. The fraction of sp³-hybridized carbons (Fsp3) is 0.905. The highest BCUT2D eigenvalue weighted by Crippen LogP contribution is 2.69. The predicted molar refractivity (Wildman–Crippen MR) is 110 cm³/mol. The summed E-state index contributed by atoms with van der Waals surface area (Å²) in [5, 5.41) is 0. The highest BCUT2D eigenvalue weighted by molar-refractivity contribution is 9.12. The standard InChI is InChI=1S/C21H30Br2O4/c1-12(24)27-13-4-7-20(3)15-5-6-19(2)11-26-18(25)9-16(19)14(15)8-17(22)21(20,23)10-13/h13-17H,4-11H2,1-3H3/t13-,14+,15-,16-,17+,19+,20+,21-/m0/s1. The van der Waals surface area contributed by atoms with Gasteiger partial charge in [-0.15, -0.1) is 0 Å². The Morgan fingerprint density at radius 2 is 1.96 bits per heavy atom. The third-order valence-corrected chi connectivity index (χ3v) is 12.0. The second-order valence-corrected chi connectivity index (χ2v) is 12.4. The van der Waals surface area contributed by atoms with Crippen LogP contribution in [0.3, 0.4) is 0 Å². The molecule has 0 unspecified atom stereocenters. The average molecular weight is 506 g/mol. The molecule has 0 bridgehead atoms. The van der Waals surface area contributed by atoms with Crippen molar-refractivity contribution in [3.63, 3.8) is 0 Å². The van der Waals surface area contributed by atoms with E-state index in [4.69, 9.17) is 9.47 Å². The van der Waals surface area contributed by atoms with Crippen LogP contribution in [-0.2, 0) is 19.1 Å². The normalized spacial score (nSPS) is 52.0. The minimum absolute atomic E-state index is 0.00920. The first-order chi connectivity index (χ1) is 12.6. The van der Waals surface area contributed by atoms with Gasteiger partial charge in [-0.3, -0.25) is 9.59 Å². The van der Waals surface area contributed by atoms with Crippen LogP contribution in [0, 0.1) is 28.6 Å². The molecule has 0 N–H and O–H groups in total. The Morgan fingerprint density at radius 1 is 1.22 bits per heavy atom. The first-order valence-electron chi connectivity index (χ1n) is 10.2. The van der Waals surface area contributed by atoms with E-state index in [9.17, 15) is 9.59 Å². The van der Waals surface area contributed by atoms with E-state index in [0.29, 0.717) is 35.6 Å². The Balaban J connectivity index is 1.64. The topological polar surface area (TPSA) is 52.6 Å². The lowest BCUT2D eigenvalue weighted by Crippen LogP contribution is -2.65. The second-order valence-electron chi connectivity index (χ2n) is 9.89. The molecule has 0 radical (unpaired) electrons. The molecule has 4 fully saturated rings. The van der Waals surface area contributed by atoms with E-state index in [2.05, 4.69) is 45.7 Å². The molecule has 6 heteroatoms. The number of ether oxygens (including phenoxy) is 2. The van der Waals surface area contributed by atoms with Crippen LogP contribution in [0.25, 0.3) is 0 Å². The summed E-state index contributed by atoms with van der Waals surface area (Å²) in [4.78, 5) is 23.9. The Bertz CT molecular complexity index is 654. The lowest BCUT2D eigenvalue weighted by Gasteiger charge is -2.66. The Morgan fingerprint density at radius 3 is 2.67 bits per heavy atom. The van der Waals surface area contributed by atoms with Gasteiger partial charge in [0.1, 0.15) is 6.10 Å². The maximum absolute atomic E-state index is 12.1. The molecule has 27 heavy (non-hydrogen) atoms. The number of rotatable bonds is 1. The van der Waals surface area contributed by atoms with Gasteiger partial charge in [-0.2, -0.15) is 0 Å². The number of hydrogen-bond donors (Lipinski definition) is 0. The van der Waals surface area contributed by atoms with Crippen LogP contribution in [0.2, 0.25) is 0 Å². The second kappa shape index (κ2) is 6.72. The molecule has 0 aromatic rings. The molecule has 3 saturated carbocycles. The summed E-state index contributed by atoms with van der Waals surface area (Å²) in [7, 11) is 0. The van der Waals surface area contributed by atoms with Crippen molar-refractivity contribution in [2.24, 2.45) is 28.6 Å². The van der Waals surface area contributed by atoms with Crippen molar-refractivity contribution in [3.8, 4) is 0 Å². The molecule has 4 aliphatic rings. The van der Waals surface area contributed by atoms with E-state index in [1.807, 2.05) is 0 Å². The van der Waals surface area contributed by atoms with Crippen molar-refractivity contribution in [2.75, 3.05) is 6.61 Å². The first-order valence-corrected chi connectivity index (χ1v) is 12.0. The van der Waals surface area contributed by atoms with Crippen molar-refractivity contribution in [2.45, 2.75) is 81.0 Å². The number of carbonyl (C=O) groups excluding carboxylic acids is 2. The van der Waals surface area contributed by atoms with Crippen LogP contribution in [0.15, 0.2) is 0 Å². The van der Waals surface area contributed by atoms with Gasteiger partial charge in [-0.05, 0) is 55.3 Å². The van der Waals surface area contributed by atoms with Gasteiger partial charge in [0.25, 0.3) is 0 Å². The third-order valence-electron chi connectivity index (χ3n) is 8.49. The molecule has 3 aliphatic carbocycles. The molecule has 1 saturated heterocycles. The number of carbonyl (C=O) groups is 2. The van der Waals surface area contributed by atoms with Crippen molar-refractivity contribution in [1.29, 1.82) is 0 Å². The maximum Gasteiger partial charge on any atom is 0.306 e. The molecule has 4 nitrogen and oxygen atoms in total. The molecule has 1 aliphatic heterocycles. The maximum atomic E-state index is 12.1. The summed E-state index contributed by atoms with van der Waals surface area (Å²) in [5.41, 5.74) is 0.253. The fourth-order valence-electron chi connectivity index (χ4n) is 6.94. The monoisotopic (exact) mass is 504 g/mol. The molecular formula is C21H30Br2O4. The Kier molecular flexibility index (Phi) is 5.02. The molecule has 152 valence electrons. The molecule has 0 amide bonds. The minimum Gasteiger partial charge on any atom is -0.465 e. The van der Waals surface area contributed by atoms with Gasteiger partial charge in [0.2, 0.25) is 0 Å². The third kappa shape index (κ3) is 3.03. The number of cyclic esters (lactones) is 1. The molecule has 8 atom stereocenters. The van der Waals surface area contributed by atoms with Crippen LogP contribution in [0.1, 0.15) is 65.7 Å².